The summed E-state index contributed by atoms with van der Waals surface area (Å²) < 4.78 is 0. The van der Waals surface area contributed by atoms with Gasteiger partial charge in [-0.2, -0.15) is 0 Å². The Morgan fingerprint density at radius 3 is 2.67 bits per heavy atom. The summed E-state index contributed by atoms with van der Waals surface area (Å²) in [5.41, 5.74) is 2.48. The van der Waals surface area contributed by atoms with Gasteiger partial charge in [-0.25, -0.2) is 0 Å². The van der Waals surface area contributed by atoms with Crippen LogP contribution in [0.1, 0.15) is 42.9 Å². The Balaban J connectivity index is 1.54. The van der Waals surface area contributed by atoms with Crippen molar-refractivity contribution < 1.29 is 14.7 Å². The van der Waals surface area contributed by atoms with Crippen molar-refractivity contribution in [2.75, 3.05) is 19.6 Å². The molecular formula is C19H24N2O3. The number of aliphatic hydroxyl groups is 1. The number of piperazine rings is 1. The Kier molecular flexibility index (Phi) is 4.04. The largest absolute Gasteiger partial charge is 0.393 e. The Morgan fingerprint density at radius 1 is 1.12 bits per heavy atom. The standard InChI is InChI=1S/C19H24N2O3/c22-15-7-5-14(6-8-15)19(24)20-11-17-16-4-2-1-3-13(16)9-10-21(17)18(23)12-20/h1-4,14-15,17,22H,5-12H2. The normalized spacial score (nSPS) is 29.9. The molecule has 1 aliphatic carbocycles. The number of carbonyl (C=O) groups is 2. The number of aliphatic hydroxyl groups excluding tert-OH is 1. The molecule has 1 saturated heterocycles. The van der Waals surface area contributed by atoms with Crippen molar-refractivity contribution in [3.63, 3.8) is 0 Å². The van der Waals surface area contributed by atoms with Gasteiger partial charge in [0, 0.05) is 19.0 Å². The van der Waals surface area contributed by atoms with Gasteiger partial charge in [0.05, 0.1) is 18.7 Å². The highest BCUT2D eigenvalue weighted by atomic mass is 16.3. The van der Waals surface area contributed by atoms with E-state index in [-0.39, 0.29) is 36.4 Å². The van der Waals surface area contributed by atoms with Crippen molar-refractivity contribution in [3.05, 3.63) is 35.4 Å². The maximum atomic E-state index is 12.9. The lowest BCUT2D eigenvalue weighted by Gasteiger charge is -2.45. The summed E-state index contributed by atoms with van der Waals surface area (Å²) in [5.74, 6) is 0.120. The van der Waals surface area contributed by atoms with E-state index in [9.17, 15) is 14.7 Å². The van der Waals surface area contributed by atoms with Crippen LogP contribution in [0.3, 0.4) is 0 Å². The summed E-state index contributed by atoms with van der Waals surface area (Å²) in [5, 5.41) is 9.64. The smallest absolute Gasteiger partial charge is 0.242 e. The molecule has 0 spiro atoms. The van der Waals surface area contributed by atoms with E-state index in [0.717, 1.165) is 25.8 Å². The fourth-order valence-corrected chi connectivity index (χ4v) is 4.42. The number of amides is 2. The molecule has 1 unspecified atom stereocenters. The van der Waals surface area contributed by atoms with Gasteiger partial charge in [-0.1, -0.05) is 24.3 Å². The average Bonchev–Trinajstić information content (AvgIpc) is 2.61. The molecule has 4 rings (SSSR count). The van der Waals surface area contributed by atoms with Gasteiger partial charge < -0.3 is 14.9 Å². The zero-order chi connectivity index (χ0) is 16.7. The first-order valence-corrected chi connectivity index (χ1v) is 8.97. The maximum absolute atomic E-state index is 12.9. The monoisotopic (exact) mass is 328 g/mol. The highest BCUT2D eigenvalue weighted by molar-refractivity contribution is 5.87. The predicted octanol–water partition coefficient (Wildman–Crippen LogP) is 1.51. The second kappa shape index (κ2) is 6.20. The van der Waals surface area contributed by atoms with Crippen molar-refractivity contribution in [1.29, 1.82) is 0 Å². The molecule has 1 saturated carbocycles. The van der Waals surface area contributed by atoms with Crippen LogP contribution in [0.15, 0.2) is 24.3 Å². The van der Waals surface area contributed by atoms with Gasteiger partial charge in [0.15, 0.2) is 0 Å². The SMILES string of the molecule is O=C(C1CCC(O)CC1)N1CC(=O)N2CCc3ccccc3C2C1. The molecule has 3 aliphatic rings. The van der Waals surface area contributed by atoms with Crippen LogP contribution in [0, 0.1) is 5.92 Å². The maximum Gasteiger partial charge on any atom is 0.242 e. The summed E-state index contributed by atoms with van der Waals surface area (Å²) >= 11 is 0. The van der Waals surface area contributed by atoms with Crippen LogP contribution in [-0.2, 0) is 16.0 Å². The number of nitrogens with zero attached hydrogens (tertiary/aromatic N) is 2. The molecule has 128 valence electrons. The van der Waals surface area contributed by atoms with Gasteiger partial charge in [0.2, 0.25) is 11.8 Å². The highest BCUT2D eigenvalue weighted by Gasteiger charge is 2.40. The molecule has 1 N–H and O–H groups in total. The van der Waals surface area contributed by atoms with E-state index < -0.39 is 0 Å². The lowest BCUT2D eigenvalue weighted by atomic mass is 9.85. The lowest BCUT2D eigenvalue weighted by molar-refractivity contribution is -0.152. The van der Waals surface area contributed by atoms with E-state index in [4.69, 9.17) is 0 Å². The zero-order valence-corrected chi connectivity index (χ0v) is 13.9. The third kappa shape index (κ3) is 2.71. The highest BCUT2D eigenvalue weighted by Crippen LogP contribution is 2.34. The van der Waals surface area contributed by atoms with E-state index in [1.807, 2.05) is 17.0 Å². The van der Waals surface area contributed by atoms with Gasteiger partial charge in [-0.05, 0) is 43.2 Å². The van der Waals surface area contributed by atoms with Gasteiger partial charge in [0.25, 0.3) is 0 Å². The minimum absolute atomic E-state index is 0.00525. The van der Waals surface area contributed by atoms with Gasteiger partial charge in [0.1, 0.15) is 0 Å². The van der Waals surface area contributed by atoms with Crippen LogP contribution >= 0.6 is 0 Å². The van der Waals surface area contributed by atoms with Gasteiger partial charge in [-0.15, -0.1) is 0 Å². The summed E-state index contributed by atoms with van der Waals surface area (Å²) in [6.07, 6.45) is 3.48. The number of rotatable bonds is 1. The van der Waals surface area contributed by atoms with Crippen LogP contribution in [0.2, 0.25) is 0 Å². The topological polar surface area (TPSA) is 60.9 Å². The average molecular weight is 328 g/mol. The Morgan fingerprint density at radius 2 is 1.88 bits per heavy atom. The van der Waals surface area contributed by atoms with Crippen LogP contribution in [0.5, 0.6) is 0 Å². The molecule has 24 heavy (non-hydrogen) atoms. The van der Waals surface area contributed by atoms with Gasteiger partial charge >= 0.3 is 0 Å². The Labute approximate surface area is 142 Å². The van der Waals surface area contributed by atoms with Gasteiger partial charge in [-0.3, -0.25) is 9.59 Å². The first-order valence-electron chi connectivity index (χ1n) is 8.97. The van der Waals surface area contributed by atoms with E-state index in [2.05, 4.69) is 12.1 Å². The summed E-state index contributed by atoms with van der Waals surface area (Å²) in [6.45, 7) is 1.55. The molecule has 2 aliphatic heterocycles. The zero-order valence-electron chi connectivity index (χ0n) is 13.9. The molecule has 1 aromatic carbocycles. The lowest BCUT2D eigenvalue weighted by Crippen LogP contribution is -2.56. The second-order valence-corrected chi connectivity index (χ2v) is 7.28. The molecule has 1 aromatic rings. The molecular weight excluding hydrogens is 304 g/mol. The summed E-state index contributed by atoms with van der Waals surface area (Å²) in [7, 11) is 0. The third-order valence-corrected chi connectivity index (χ3v) is 5.81. The molecule has 1 atom stereocenters. The molecule has 0 aromatic heterocycles. The fraction of sp³-hybridized carbons (Fsp3) is 0.579. The number of fused-ring (bicyclic) bond motifs is 3. The van der Waals surface area contributed by atoms with Crippen molar-refractivity contribution in [1.82, 2.24) is 9.80 Å². The van der Waals surface area contributed by atoms with E-state index in [1.54, 1.807) is 4.90 Å². The predicted molar refractivity (Wildman–Crippen MR) is 89.1 cm³/mol. The van der Waals surface area contributed by atoms with Crippen molar-refractivity contribution >= 4 is 11.8 Å². The first kappa shape index (κ1) is 15.6. The minimum atomic E-state index is -0.266. The molecule has 0 radical (unpaired) electrons. The first-order chi connectivity index (χ1) is 11.6. The molecule has 2 heterocycles. The minimum Gasteiger partial charge on any atom is -0.393 e. The van der Waals surface area contributed by atoms with Crippen LogP contribution in [0.4, 0.5) is 0 Å². The summed E-state index contributed by atoms with van der Waals surface area (Å²) in [4.78, 5) is 29.1. The van der Waals surface area contributed by atoms with Crippen LogP contribution < -0.4 is 0 Å². The quantitative estimate of drug-likeness (QED) is 0.850. The van der Waals surface area contributed by atoms with Crippen LogP contribution in [0.25, 0.3) is 0 Å². The number of hydrogen-bond donors (Lipinski definition) is 1. The molecule has 5 heteroatoms. The molecule has 5 nitrogen and oxygen atoms in total. The second-order valence-electron chi connectivity index (χ2n) is 7.28. The van der Waals surface area contributed by atoms with E-state index in [0.29, 0.717) is 19.4 Å². The molecule has 2 amide bonds. The molecule has 2 fully saturated rings. The van der Waals surface area contributed by atoms with Crippen molar-refractivity contribution in [2.45, 2.75) is 44.2 Å². The van der Waals surface area contributed by atoms with Crippen molar-refractivity contribution in [2.24, 2.45) is 5.92 Å². The van der Waals surface area contributed by atoms with Crippen LogP contribution in [-0.4, -0.2) is 52.5 Å². The third-order valence-electron chi connectivity index (χ3n) is 5.81. The van der Waals surface area contributed by atoms with E-state index in [1.165, 1.54) is 11.1 Å². The van der Waals surface area contributed by atoms with E-state index >= 15 is 0 Å². The summed E-state index contributed by atoms with van der Waals surface area (Å²) in [6, 6.07) is 8.25. The fourth-order valence-electron chi connectivity index (χ4n) is 4.42. The Bertz CT molecular complexity index is 652. The number of benzene rings is 1. The Hall–Kier alpha value is -1.88. The number of hydrogen-bond acceptors (Lipinski definition) is 3. The molecule has 0 bridgehead atoms. The van der Waals surface area contributed by atoms with Crippen molar-refractivity contribution in [3.8, 4) is 0 Å². The number of carbonyl (C=O) groups excluding carboxylic acids is 2.